The van der Waals surface area contributed by atoms with Crippen LogP contribution in [0.1, 0.15) is 24.5 Å². The van der Waals surface area contributed by atoms with E-state index in [1.165, 1.54) is 12.1 Å². The molecule has 0 spiro atoms. The van der Waals surface area contributed by atoms with Crippen molar-refractivity contribution in [3.8, 4) is 0 Å². The Labute approximate surface area is 147 Å². The van der Waals surface area contributed by atoms with Gasteiger partial charge in [-0.1, -0.05) is 60.1 Å². The highest BCUT2D eigenvalue weighted by Crippen LogP contribution is 2.14. The van der Waals surface area contributed by atoms with Crippen molar-refractivity contribution in [3.63, 3.8) is 0 Å². The van der Waals surface area contributed by atoms with Crippen molar-refractivity contribution < 1.29 is 22.2 Å². The van der Waals surface area contributed by atoms with Crippen LogP contribution in [0, 0.1) is 6.92 Å². The van der Waals surface area contributed by atoms with Gasteiger partial charge >= 0.3 is 16.1 Å². The van der Waals surface area contributed by atoms with Gasteiger partial charge < -0.3 is 4.74 Å². The smallest absolute Gasteiger partial charge is 0.361 e. The summed E-state index contributed by atoms with van der Waals surface area (Å²) in [5, 5.41) is 3.57. The van der Waals surface area contributed by atoms with Crippen molar-refractivity contribution in [2.75, 3.05) is 6.61 Å². The molecule has 7 heteroatoms. The van der Waals surface area contributed by atoms with Gasteiger partial charge in [-0.15, -0.1) is 0 Å². The number of nitrogens with zero attached hydrogens (tertiary/aromatic N) is 1. The fourth-order valence-electron chi connectivity index (χ4n) is 1.90. The third-order valence-electron chi connectivity index (χ3n) is 3.21. The minimum absolute atomic E-state index is 0.0452. The fourth-order valence-corrected chi connectivity index (χ4v) is 2.63. The third-order valence-corrected chi connectivity index (χ3v) is 4.33. The molecule has 132 valence electrons. The molecule has 0 amide bonds. The highest BCUT2D eigenvalue weighted by molar-refractivity contribution is 7.86. The van der Waals surface area contributed by atoms with E-state index in [1.807, 2.05) is 13.8 Å². The van der Waals surface area contributed by atoms with Gasteiger partial charge in [0.2, 0.25) is 0 Å². The molecular formula is C18H19NO5S. The van der Waals surface area contributed by atoms with Crippen LogP contribution < -0.4 is 0 Å². The second kappa shape index (κ2) is 8.43. The monoisotopic (exact) mass is 361 g/mol. The van der Waals surface area contributed by atoms with Gasteiger partial charge in [0.25, 0.3) is 0 Å². The maximum Gasteiger partial charge on any atom is 0.361 e. The molecular weight excluding hydrogens is 342 g/mol. The lowest BCUT2D eigenvalue weighted by atomic mass is 10.1. The van der Waals surface area contributed by atoms with Crippen LogP contribution in [0.4, 0.5) is 0 Å². The zero-order chi connectivity index (χ0) is 18.3. The molecule has 0 bridgehead atoms. The summed E-state index contributed by atoms with van der Waals surface area (Å²) in [6.45, 7) is 3.90. The second-order valence-corrected chi connectivity index (χ2v) is 6.81. The Morgan fingerprint density at radius 2 is 1.68 bits per heavy atom. The van der Waals surface area contributed by atoms with Crippen LogP contribution in [0.15, 0.2) is 64.6 Å². The van der Waals surface area contributed by atoms with Crippen molar-refractivity contribution >= 4 is 21.8 Å². The lowest BCUT2D eigenvalue weighted by Gasteiger charge is -2.07. The molecule has 6 nitrogen and oxygen atoms in total. The van der Waals surface area contributed by atoms with Gasteiger partial charge in [0.05, 0.1) is 6.61 Å². The quantitative estimate of drug-likeness (QED) is 0.430. The van der Waals surface area contributed by atoms with Crippen molar-refractivity contribution in [1.29, 1.82) is 0 Å². The number of rotatable bonds is 7. The largest absolute Gasteiger partial charge is 0.461 e. The Morgan fingerprint density at radius 3 is 2.28 bits per heavy atom. The Bertz CT molecular complexity index is 843. The van der Waals surface area contributed by atoms with Gasteiger partial charge in [-0.05, 0) is 25.5 Å². The fraction of sp³-hybridized carbons (Fsp3) is 0.222. The molecule has 0 aliphatic carbocycles. The van der Waals surface area contributed by atoms with Crippen LogP contribution in [0.3, 0.4) is 0 Å². The molecule has 0 radical (unpaired) electrons. The van der Waals surface area contributed by atoms with E-state index in [0.29, 0.717) is 12.0 Å². The van der Waals surface area contributed by atoms with Gasteiger partial charge in [0.15, 0.2) is 5.71 Å². The molecule has 0 saturated heterocycles. The lowest BCUT2D eigenvalue weighted by Crippen LogP contribution is -2.20. The van der Waals surface area contributed by atoms with E-state index in [4.69, 9.17) is 9.02 Å². The molecule has 0 N–H and O–H groups in total. The summed E-state index contributed by atoms with van der Waals surface area (Å²) >= 11 is 0. The predicted octanol–water partition coefficient (Wildman–Crippen LogP) is 3.06. The highest BCUT2D eigenvalue weighted by Gasteiger charge is 2.20. The van der Waals surface area contributed by atoms with E-state index in [1.54, 1.807) is 42.5 Å². The van der Waals surface area contributed by atoms with E-state index < -0.39 is 16.1 Å². The van der Waals surface area contributed by atoms with Crippen LogP contribution >= 0.6 is 0 Å². The number of ether oxygens (including phenoxy) is 1. The number of oxime groups is 1. The Balaban J connectivity index is 2.30. The number of hydrogen-bond acceptors (Lipinski definition) is 6. The van der Waals surface area contributed by atoms with Gasteiger partial charge in [-0.3, -0.25) is 4.28 Å². The van der Waals surface area contributed by atoms with Crippen LogP contribution in [-0.4, -0.2) is 26.7 Å². The summed E-state index contributed by atoms with van der Waals surface area (Å²) in [5.41, 5.74) is 1.11. The van der Waals surface area contributed by atoms with Crippen molar-refractivity contribution in [2.45, 2.75) is 25.2 Å². The summed E-state index contributed by atoms with van der Waals surface area (Å²) in [7, 11) is -4.13. The van der Waals surface area contributed by atoms with E-state index in [9.17, 15) is 13.2 Å². The predicted molar refractivity (Wildman–Crippen MR) is 93.7 cm³/mol. The molecule has 0 aromatic heterocycles. The molecule has 0 heterocycles. The third kappa shape index (κ3) is 5.15. The number of aryl methyl sites for hydroxylation is 1. The molecule has 2 aromatic rings. The standard InChI is InChI=1S/C18H19NO5S/c1-3-13-23-18(20)17(15-7-5-4-6-8-15)19-24-25(21,22)16-11-9-14(2)10-12-16/h4-12H,3,13H2,1-2H3. The van der Waals surface area contributed by atoms with Crippen LogP contribution in [0.2, 0.25) is 0 Å². The van der Waals surface area contributed by atoms with Gasteiger partial charge in [-0.25, -0.2) is 4.79 Å². The Kier molecular flexibility index (Phi) is 6.30. The average molecular weight is 361 g/mol. The Hall–Kier alpha value is -2.67. The van der Waals surface area contributed by atoms with Gasteiger partial charge in [0.1, 0.15) is 4.90 Å². The van der Waals surface area contributed by atoms with Crippen LogP contribution in [-0.2, 0) is 23.9 Å². The first-order valence-corrected chi connectivity index (χ1v) is 9.15. The van der Waals surface area contributed by atoms with E-state index >= 15 is 0 Å². The molecule has 0 aliphatic heterocycles. The second-order valence-electron chi connectivity index (χ2n) is 5.28. The molecule has 2 aromatic carbocycles. The van der Waals surface area contributed by atoms with Crippen LogP contribution in [0.5, 0.6) is 0 Å². The molecule has 2 rings (SSSR count). The summed E-state index contributed by atoms with van der Waals surface area (Å²) in [5.74, 6) is -0.743. The molecule has 0 atom stereocenters. The van der Waals surface area contributed by atoms with Crippen molar-refractivity contribution in [2.24, 2.45) is 5.16 Å². The first-order valence-electron chi connectivity index (χ1n) is 7.75. The van der Waals surface area contributed by atoms with E-state index in [2.05, 4.69) is 5.16 Å². The number of hydrogen-bond donors (Lipinski definition) is 0. The summed E-state index contributed by atoms with van der Waals surface area (Å²) < 4.78 is 34.3. The topological polar surface area (TPSA) is 82.0 Å². The maximum absolute atomic E-state index is 12.2. The SMILES string of the molecule is CCCOC(=O)C(=NOS(=O)(=O)c1ccc(C)cc1)c1ccccc1. The van der Waals surface area contributed by atoms with Crippen molar-refractivity contribution in [3.05, 3.63) is 65.7 Å². The first-order chi connectivity index (χ1) is 11.9. The number of benzene rings is 2. The average Bonchev–Trinajstić information content (AvgIpc) is 2.61. The number of carbonyl (C=O) groups is 1. The summed E-state index contributed by atoms with van der Waals surface area (Å²) in [6, 6.07) is 14.5. The van der Waals surface area contributed by atoms with E-state index in [0.717, 1.165) is 5.56 Å². The van der Waals surface area contributed by atoms with Crippen LogP contribution in [0.25, 0.3) is 0 Å². The van der Waals surface area contributed by atoms with Gasteiger partial charge in [0, 0.05) is 5.56 Å². The van der Waals surface area contributed by atoms with Gasteiger partial charge in [-0.2, -0.15) is 8.42 Å². The summed E-state index contributed by atoms with van der Waals surface area (Å²) in [4.78, 5) is 12.1. The number of esters is 1. The molecule has 0 unspecified atom stereocenters. The number of carbonyl (C=O) groups excluding carboxylic acids is 1. The normalized spacial score (nSPS) is 11.8. The zero-order valence-corrected chi connectivity index (χ0v) is 14.8. The maximum atomic E-state index is 12.2. The Morgan fingerprint density at radius 1 is 1.04 bits per heavy atom. The minimum Gasteiger partial charge on any atom is -0.461 e. The molecule has 0 aliphatic rings. The molecule has 0 fully saturated rings. The minimum atomic E-state index is -4.13. The first kappa shape index (κ1) is 18.7. The molecule has 25 heavy (non-hydrogen) atoms. The highest BCUT2D eigenvalue weighted by atomic mass is 32.2. The zero-order valence-electron chi connectivity index (χ0n) is 14.0. The van der Waals surface area contributed by atoms with E-state index in [-0.39, 0.29) is 17.2 Å². The van der Waals surface area contributed by atoms with Crippen molar-refractivity contribution in [1.82, 2.24) is 0 Å². The molecule has 0 saturated carbocycles. The summed E-state index contributed by atoms with van der Waals surface area (Å²) in [6.07, 6.45) is 0.635. The lowest BCUT2D eigenvalue weighted by molar-refractivity contribution is -0.135.